The summed E-state index contributed by atoms with van der Waals surface area (Å²) in [4.78, 5) is 21.3. The Morgan fingerprint density at radius 3 is 2.89 bits per heavy atom. The first-order valence-corrected chi connectivity index (χ1v) is 6.77. The second-order valence-corrected chi connectivity index (χ2v) is 5.12. The Morgan fingerprint density at radius 2 is 2.32 bits per heavy atom. The second kappa shape index (κ2) is 5.71. The molecule has 6 heteroatoms. The van der Waals surface area contributed by atoms with Gasteiger partial charge in [0.15, 0.2) is 0 Å². The Hall–Kier alpha value is -1.40. The second-order valence-electron chi connectivity index (χ2n) is 5.12. The van der Waals surface area contributed by atoms with Crippen LogP contribution < -0.4 is 11.3 Å². The van der Waals surface area contributed by atoms with Gasteiger partial charge in [-0.15, -0.1) is 0 Å². The molecule has 1 aromatic rings. The molecule has 1 aliphatic heterocycles. The topological polar surface area (TPSA) is 84.2 Å². The molecule has 1 atom stereocenters. The fraction of sp³-hybridized carbons (Fsp3) is 0.692. The van der Waals surface area contributed by atoms with Crippen molar-refractivity contribution in [3.63, 3.8) is 0 Å². The molecular formula is C13H22N4O2. The summed E-state index contributed by atoms with van der Waals surface area (Å²) in [5.41, 5.74) is 6.22. The number of aromatic amines is 1. The molecule has 2 heterocycles. The van der Waals surface area contributed by atoms with Crippen LogP contribution in [0.4, 0.5) is 5.82 Å². The van der Waals surface area contributed by atoms with Gasteiger partial charge >= 0.3 is 0 Å². The summed E-state index contributed by atoms with van der Waals surface area (Å²) >= 11 is 0. The highest BCUT2D eigenvalue weighted by Gasteiger charge is 2.26. The Balaban J connectivity index is 2.25. The molecule has 0 amide bonds. The van der Waals surface area contributed by atoms with Crippen molar-refractivity contribution in [3.05, 3.63) is 21.7 Å². The average molecular weight is 266 g/mol. The first-order valence-electron chi connectivity index (χ1n) is 6.77. The molecule has 0 bridgehead atoms. The lowest BCUT2D eigenvalue weighted by Crippen LogP contribution is -2.43. The fourth-order valence-electron chi connectivity index (χ4n) is 2.33. The minimum absolute atomic E-state index is 0.157. The third-order valence-corrected chi connectivity index (χ3v) is 3.55. The van der Waals surface area contributed by atoms with Crippen LogP contribution in [0.25, 0.3) is 0 Å². The predicted octanol–water partition coefficient (Wildman–Crippen LogP) is 0.696. The fourth-order valence-corrected chi connectivity index (χ4v) is 2.33. The zero-order valence-corrected chi connectivity index (χ0v) is 11.8. The molecule has 1 fully saturated rings. The van der Waals surface area contributed by atoms with E-state index in [1.807, 2.05) is 6.92 Å². The maximum Gasteiger partial charge on any atom is 0.256 e. The number of nitrogens with one attached hydrogen (secondary N) is 1. The van der Waals surface area contributed by atoms with Crippen LogP contribution in [-0.4, -0.2) is 40.6 Å². The number of nitrogens with two attached hydrogens (primary N) is 1. The molecule has 0 aliphatic carbocycles. The maximum atomic E-state index is 11.9. The van der Waals surface area contributed by atoms with Gasteiger partial charge in [0, 0.05) is 19.1 Å². The van der Waals surface area contributed by atoms with Gasteiger partial charge in [-0.3, -0.25) is 9.69 Å². The smallest absolute Gasteiger partial charge is 0.256 e. The monoisotopic (exact) mass is 266 g/mol. The van der Waals surface area contributed by atoms with E-state index in [-0.39, 0.29) is 11.7 Å². The summed E-state index contributed by atoms with van der Waals surface area (Å²) in [6, 6.07) is 0.449. The van der Waals surface area contributed by atoms with Gasteiger partial charge in [0.2, 0.25) is 0 Å². The van der Waals surface area contributed by atoms with E-state index in [2.05, 4.69) is 28.7 Å². The summed E-state index contributed by atoms with van der Waals surface area (Å²) in [7, 11) is 0. The lowest BCUT2D eigenvalue weighted by atomic mass is 10.2. The summed E-state index contributed by atoms with van der Waals surface area (Å²) in [5.74, 6) is 0.844. The number of nitrogen functional groups attached to an aromatic ring is 1. The van der Waals surface area contributed by atoms with E-state index >= 15 is 0 Å². The minimum Gasteiger partial charge on any atom is -0.383 e. The summed E-state index contributed by atoms with van der Waals surface area (Å²) < 4.78 is 5.70. The molecule has 3 N–H and O–H groups in total. The molecular weight excluding hydrogens is 244 g/mol. The Labute approximate surface area is 113 Å². The number of ether oxygens (including phenoxy) is 1. The molecule has 0 radical (unpaired) electrons. The summed E-state index contributed by atoms with van der Waals surface area (Å²) in [6.45, 7) is 8.45. The van der Waals surface area contributed by atoms with Crippen molar-refractivity contribution < 1.29 is 4.74 Å². The molecule has 0 saturated carbocycles. The Bertz CT molecular complexity index is 498. The minimum atomic E-state index is -0.211. The number of aromatic nitrogens is 2. The van der Waals surface area contributed by atoms with Crippen molar-refractivity contribution in [1.82, 2.24) is 14.9 Å². The summed E-state index contributed by atoms with van der Waals surface area (Å²) in [5, 5.41) is 0. The number of rotatable bonds is 3. The largest absolute Gasteiger partial charge is 0.383 e. The first kappa shape index (κ1) is 14.0. The van der Waals surface area contributed by atoms with E-state index in [9.17, 15) is 4.79 Å². The van der Waals surface area contributed by atoms with E-state index in [0.717, 1.165) is 13.1 Å². The zero-order valence-electron chi connectivity index (χ0n) is 11.8. The SMILES string of the molecule is CCc1c(N)nc(C2CN(C(C)C)CCO2)[nH]c1=O. The van der Waals surface area contributed by atoms with Gasteiger partial charge in [0.25, 0.3) is 5.56 Å². The van der Waals surface area contributed by atoms with Crippen LogP contribution in [0.5, 0.6) is 0 Å². The lowest BCUT2D eigenvalue weighted by Gasteiger charge is -2.34. The van der Waals surface area contributed by atoms with Gasteiger partial charge in [-0.1, -0.05) is 6.92 Å². The number of hydrogen-bond donors (Lipinski definition) is 2. The molecule has 0 spiro atoms. The Morgan fingerprint density at radius 1 is 1.58 bits per heavy atom. The van der Waals surface area contributed by atoms with Crippen molar-refractivity contribution >= 4 is 5.82 Å². The van der Waals surface area contributed by atoms with E-state index in [4.69, 9.17) is 10.5 Å². The molecule has 1 saturated heterocycles. The predicted molar refractivity (Wildman–Crippen MR) is 74.1 cm³/mol. The van der Waals surface area contributed by atoms with Crippen LogP contribution in [0.3, 0.4) is 0 Å². The molecule has 1 aromatic heterocycles. The standard InChI is InChI=1S/C13H22N4O2/c1-4-9-11(14)15-12(16-13(9)18)10-7-17(8(2)3)5-6-19-10/h8,10H,4-7H2,1-3H3,(H3,14,15,16,18). The van der Waals surface area contributed by atoms with E-state index < -0.39 is 0 Å². The van der Waals surface area contributed by atoms with Crippen LogP contribution in [0.1, 0.15) is 38.3 Å². The maximum absolute atomic E-state index is 11.9. The van der Waals surface area contributed by atoms with Crippen LogP contribution in [-0.2, 0) is 11.2 Å². The third kappa shape index (κ3) is 2.96. The lowest BCUT2D eigenvalue weighted by molar-refractivity contribution is -0.0443. The van der Waals surface area contributed by atoms with Crippen LogP contribution >= 0.6 is 0 Å². The molecule has 106 valence electrons. The normalized spacial score (nSPS) is 20.9. The number of anilines is 1. The van der Waals surface area contributed by atoms with Gasteiger partial charge in [-0.25, -0.2) is 4.98 Å². The van der Waals surface area contributed by atoms with E-state index in [1.54, 1.807) is 0 Å². The molecule has 1 aliphatic rings. The van der Waals surface area contributed by atoms with Crippen LogP contribution in [0.2, 0.25) is 0 Å². The molecule has 6 nitrogen and oxygen atoms in total. The number of H-pyrrole nitrogens is 1. The molecule has 19 heavy (non-hydrogen) atoms. The van der Waals surface area contributed by atoms with Crippen LogP contribution in [0, 0.1) is 0 Å². The van der Waals surface area contributed by atoms with Gasteiger partial charge in [0.05, 0.1) is 12.2 Å². The van der Waals surface area contributed by atoms with E-state index in [0.29, 0.717) is 36.3 Å². The van der Waals surface area contributed by atoms with Gasteiger partial charge < -0.3 is 15.5 Å². The summed E-state index contributed by atoms with van der Waals surface area (Å²) in [6.07, 6.45) is 0.370. The van der Waals surface area contributed by atoms with Crippen molar-refractivity contribution in [2.75, 3.05) is 25.4 Å². The van der Waals surface area contributed by atoms with Gasteiger partial charge in [-0.05, 0) is 20.3 Å². The van der Waals surface area contributed by atoms with Gasteiger partial charge in [-0.2, -0.15) is 0 Å². The molecule has 2 rings (SSSR count). The number of morpholine rings is 1. The zero-order chi connectivity index (χ0) is 14.0. The highest BCUT2D eigenvalue weighted by molar-refractivity contribution is 5.37. The Kier molecular flexibility index (Phi) is 4.21. The van der Waals surface area contributed by atoms with Crippen molar-refractivity contribution in [3.8, 4) is 0 Å². The average Bonchev–Trinajstić information content (AvgIpc) is 2.38. The van der Waals surface area contributed by atoms with Crippen LogP contribution in [0.15, 0.2) is 4.79 Å². The quantitative estimate of drug-likeness (QED) is 0.841. The van der Waals surface area contributed by atoms with Crippen molar-refractivity contribution in [1.29, 1.82) is 0 Å². The van der Waals surface area contributed by atoms with Crippen molar-refractivity contribution in [2.45, 2.75) is 39.3 Å². The number of nitrogens with zero attached hydrogens (tertiary/aromatic N) is 2. The van der Waals surface area contributed by atoms with Crippen molar-refractivity contribution in [2.24, 2.45) is 0 Å². The molecule has 1 unspecified atom stereocenters. The highest BCUT2D eigenvalue weighted by atomic mass is 16.5. The van der Waals surface area contributed by atoms with E-state index in [1.165, 1.54) is 0 Å². The molecule has 0 aromatic carbocycles. The third-order valence-electron chi connectivity index (χ3n) is 3.55. The first-order chi connectivity index (χ1) is 9.02. The number of hydrogen-bond acceptors (Lipinski definition) is 5. The van der Waals surface area contributed by atoms with Gasteiger partial charge in [0.1, 0.15) is 17.7 Å². The highest BCUT2D eigenvalue weighted by Crippen LogP contribution is 2.20.